The third-order valence-electron chi connectivity index (χ3n) is 6.28. The van der Waals surface area contributed by atoms with E-state index in [0.717, 1.165) is 37.1 Å². The summed E-state index contributed by atoms with van der Waals surface area (Å²) in [5, 5.41) is 3.69. The number of esters is 1. The van der Waals surface area contributed by atoms with E-state index in [1.807, 2.05) is 30.3 Å². The summed E-state index contributed by atoms with van der Waals surface area (Å²) >= 11 is 0. The summed E-state index contributed by atoms with van der Waals surface area (Å²) in [4.78, 5) is 31.1. The topological polar surface area (TPSA) is 99.2 Å². The molecule has 2 aliphatic heterocycles. The van der Waals surface area contributed by atoms with Crippen molar-refractivity contribution in [1.29, 1.82) is 0 Å². The van der Waals surface area contributed by atoms with Crippen molar-refractivity contribution in [1.82, 2.24) is 4.98 Å². The van der Waals surface area contributed by atoms with Gasteiger partial charge in [0.2, 0.25) is 0 Å². The minimum Gasteiger partial charge on any atom is -0.481 e. The predicted molar refractivity (Wildman–Crippen MR) is 130 cm³/mol. The third-order valence-corrected chi connectivity index (χ3v) is 6.28. The maximum absolute atomic E-state index is 12.5. The normalized spacial score (nSPS) is 16.9. The number of methoxy groups -OCH3 is 1. The number of fused-ring (bicyclic) bond motifs is 1. The van der Waals surface area contributed by atoms with Gasteiger partial charge in [0.05, 0.1) is 25.9 Å². The van der Waals surface area contributed by atoms with E-state index >= 15 is 0 Å². The summed E-state index contributed by atoms with van der Waals surface area (Å²) in [5.41, 5.74) is 1.67. The zero-order chi connectivity index (χ0) is 24.3. The molecular weight excluding hydrogens is 450 g/mol. The van der Waals surface area contributed by atoms with E-state index in [0.29, 0.717) is 35.7 Å². The van der Waals surface area contributed by atoms with Crippen LogP contribution in [0.1, 0.15) is 23.2 Å². The molecular formula is C26H27N3O6. The van der Waals surface area contributed by atoms with Crippen LogP contribution in [-0.4, -0.2) is 62.7 Å². The fourth-order valence-corrected chi connectivity index (χ4v) is 4.41. The zero-order valence-corrected chi connectivity index (χ0v) is 19.5. The molecule has 1 aromatic heterocycles. The molecule has 3 aromatic rings. The van der Waals surface area contributed by atoms with Crippen LogP contribution in [0.2, 0.25) is 0 Å². The van der Waals surface area contributed by atoms with E-state index < -0.39 is 11.8 Å². The number of piperidine rings is 1. The number of benzene rings is 2. The molecule has 2 fully saturated rings. The number of aromatic nitrogens is 1. The van der Waals surface area contributed by atoms with Crippen molar-refractivity contribution >= 4 is 34.3 Å². The van der Waals surface area contributed by atoms with Crippen molar-refractivity contribution in [3.05, 3.63) is 60.2 Å². The Hall–Kier alpha value is -3.69. The van der Waals surface area contributed by atoms with Crippen LogP contribution >= 0.6 is 0 Å². The zero-order valence-electron chi connectivity index (χ0n) is 19.5. The number of anilines is 2. The standard InChI is InChI=1S/C26H27N3O6/c1-32-25(31)19-5-8-20(9-6-19)27-23(30)17-33-21-4-2-3-18-7-10-22(28-24(18)21)29-13-11-26(12-14-29)34-15-16-35-26/h2-10H,11-17H2,1H3,(H,27,30). The molecule has 0 atom stereocenters. The lowest BCUT2D eigenvalue weighted by Crippen LogP contribution is -2.45. The lowest BCUT2D eigenvalue weighted by atomic mass is 10.0. The molecule has 9 heteroatoms. The Morgan fingerprint density at radius 1 is 1.03 bits per heavy atom. The smallest absolute Gasteiger partial charge is 0.337 e. The Morgan fingerprint density at radius 3 is 2.49 bits per heavy atom. The van der Waals surface area contributed by atoms with E-state index in [1.165, 1.54) is 7.11 Å². The van der Waals surface area contributed by atoms with Crippen molar-refractivity contribution in [3.8, 4) is 5.75 Å². The largest absolute Gasteiger partial charge is 0.481 e. The van der Waals surface area contributed by atoms with Gasteiger partial charge in [0.15, 0.2) is 12.4 Å². The molecule has 9 nitrogen and oxygen atoms in total. The van der Waals surface area contributed by atoms with E-state index in [2.05, 4.69) is 15.0 Å². The first-order valence-electron chi connectivity index (χ1n) is 11.6. The van der Waals surface area contributed by atoms with Crippen molar-refractivity contribution < 1.29 is 28.5 Å². The maximum Gasteiger partial charge on any atom is 0.337 e. The average molecular weight is 478 g/mol. The molecule has 0 radical (unpaired) electrons. The number of hydrogen-bond acceptors (Lipinski definition) is 8. The van der Waals surface area contributed by atoms with Crippen LogP contribution in [-0.2, 0) is 19.0 Å². The van der Waals surface area contributed by atoms with Crippen molar-refractivity contribution in [2.75, 3.05) is 50.2 Å². The van der Waals surface area contributed by atoms with Crippen LogP contribution in [0.5, 0.6) is 5.75 Å². The monoisotopic (exact) mass is 477 g/mol. The minimum atomic E-state index is -0.436. The van der Waals surface area contributed by atoms with Crippen molar-refractivity contribution in [3.63, 3.8) is 0 Å². The second kappa shape index (κ2) is 9.89. The first-order chi connectivity index (χ1) is 17.0. The quantitative estimate of drug-likeness (QED) is 0.540. The van der Waals surface area contributed by atoms with E-state index in [9.17, 15) is 9.59 Å². The molecule has 2 saturated heterocycles. The molecule has 5 rings (SSSR count). The fourth-order valence-electron chi connectivity index (χ4n) is 4.41. The molecule has 3 heterocycles. The van der Waals surface area contributed by atoms with Gasteiger partial charge in [-0.15, -0.1) is 0 Å². The summed E-state index contributed by atoms with van der Waals surface area (Å²) in [5.74, 6) is 0.211. The lowest BCUT2D eigenvalue weighted by Gasteiger charge is -2.38. The third kappa shape index (κ3) is 5.06. The summed E-state index contributed by atoms with van der Waals surface area (Å²) in [7, 11) is 1.32. The first-order valence-corrected chi connectivity index (χ1v) is 11.6. The summed E-state index contributed by atoms with van der Waals surface area (Å²) in [6, 6.07) is 16.1. The number of pyridine rings is 1. The van der Waals surface area contributed by atoms with Crippen molar-refractivity contribution in [2.45, 2.75) is 18.6 Å². The van der Waals surface area contributed by atoms with Gasteiger partial charge in [0, 0.05) is 37.0 Å². The molecule has 0 bridgehead atoms. The molecule has 2 aliphatic rings. The van der Waals surface area contributed by atoms with Crippen LogP contribution < -0.4 is 15.0 Å². The first kappa shape index (κ1) is 23.1. The van der Waals surface area contributed by atoms with Crippen LogP contribution in [0.15, 0.2) is 54.6 Å². The number of nitrogens with one attached hydrogen (secondary N) is 1. The van der Waals surface area contributed by atoms with Gasteiger partial charge in [-0.25, -0.2) is 9.78 Å². The Bertz CT molecular complexity index is 1210. The highest BCUT2D eigenvalue weighted by molar-refractivity contribution is 5.94. The van der Waals surface area contributed by atoms with E-state index in [1.54, 1.807) is 24.3 Å². The molecule has 182 valence electrons. The second-order valence-electron chi connectivity index (χ2n) is 8.50. The molecule has 0 aliphatic carbocycles. The van der Waals surface area contributed by atoms with Crippen molar-refractivity contribution in [2.24, 2.45) is 0 Å². The van der Waals surface area contributed by atoms with E-state index in [-0.39, 0.29) is 12.5 Å². The molecule has 0 unspecified atom stereocenters. The van der Waals surface area contributed by atoms with Crippen LogP contribution in [0, 0.1) is 0 Å². The molecule has 1 amide bonds. The number of carbonyl (C=O) groups excluding carboxylic acids is 2. The maximum atomic E-state index is 12.5. The Kier molecular flexibility index (Phi) is 6.52. The number of nitrogens with zero attached hydrogens (tertiary/aromatic N) is 2. The summed E-state index contributed by atoms with van der Waals surface area (Å²) < 4.78 is 22.2. The van der Waals surface area contributed by atoms with Gasteiger partial charge in [-0.05, 0) is 42.5 Å². The molecule has 2 aromatic carbocycles. The van der Waals surface area contributed by atoms with Gasteiger partial charge in [0.1, 0.15) is 17.1 Å². The van der Waals surface area contributed by atoms with Gasteiger partial charge in [-0.3, -0.25) is 4.79 Å². The Labute approximate surface area is 202 Å². The average Bonchev–Trinajstić information content (AvgIpc) is 3.35. The number of para-hydroxylation sites is 1. The van der Waals surface area contributed by atoms with Crippen LogP contribution in [0.25, 0.3) is 10.9 Å². The molecule has 1 N–H and O–H groups in total. The van der Waals surface area contributed by atoms with Gasteiger partial charge < -0.3 is 29.2 Å². The SMILES string of the molecule is COC(=O)c1ccc(NC(=O)COc2cccc3ccc(N4CCC5(CC4)OCCO5)nc23)cc1. The van der Waals surface area contributed by atoms with Gasteiger partial charge in [0.25, 0.3) is 5.91 Å². The van der Waals surface area contributed by atoms with E-state index in [4.69, 9.17) is 19.2 Å². The van der Waals surface area contributed by atoms with Gasteiger partial charge >= 0.3 is 5.97 Å². The number of ether oxygens (including phenoxy) is 4. The minimum absolute atomic E-state index is 0.176. The number of amides is 1. The fraction of sp³-hybridized carbons (Fsp3) is 0.346. The highest BCUT2D eigenvalue weighted by Crippen LogP contribution is 2.34. The summed E-state index contributed by atoms with van der Waals surface area (Å²) in [6.45, 7) is 2.71. The van der Waals surface area contributed by atoms with Crippen LogP contribution in [0.4, 0.5) is 11.5 Å². The number of hydrogen-bond donors (Lipinski definition) is 1. The number of rotatable bonds is 6. The van der Waals surface area contributed by atoms with Crippen LogP contribution in [0.3, 0.4) is 0 Å². The highest BCUT2D eigenvalue weighted by Gasteiger charge is 2.40. The number of carbonyl (C=O) groups is 2. The lowest BCUT2D eigenvalue weighted by molar-refractivity contribution is -0.169. The van der Waals surface area contributed by atoms with Gasteiger partial charge in [-0.2, -0.15) is 0 Å². The molecule has 35 heavy (non-hydrogen) atoms. The highest BCUT2D eigenvalue weighted by atomic mass is 16.7. The van der Waals surface area contributed by atoms with Gasteiger partial charge in [-0.1, -0.05) is 12.1 Å². The molecule has 0 saturated carbocycles. The Morgan fingerprint density at radius 2 is 1.77 bits per heavy atom. The second-order valence-corrected chi connectivity index (χ2v) is 8.50. The molecule has 1 spiro atoms. The predicted octanol–water partition coefficient (Wildman–Crippen LogP) is 3.38. The Balaban J connectivity index is 1.24. The summed E-state index contributed by atoms with van der Waals surface area (Å²) in [6.07, 6.45) is 1.59.